The van der Waals surface area contributed by atoms with Gasteiger partial charge in [-0.1, -0.05) is 51.1 Å². The minimum Gasteiger partial charge on any atom is -0.481 e. The molecule has 0 unspecified atom stereocenters. The molecule has 1 N–H and O–H groups in total. The topological polar surface area (TPSA) is 76.1 Å². The van der Waals surface area contributed by atoms with E-state index in [0.29, 0.717) is 13.0 Å². The number of benzene rings is 1. The first-order chi connectivity index (χ1) is 12.5. The summed E-state index contributed by atoms with van der Waals surface area (Å²) in [4.78, 5) is 25.6. The van der Waals surface area contributed by atoms with E-state index in [1.165, 1.54) is 4.90 Å². The van der Waals surface area contributed by atoms with E-state index in [4.69, 9.17) is 9.16 Å². The highest BCUT2D eigenvalue weighted by atomic mass is 28.4. The van der Waals surface area contributed by atoms with E-state index < -0.39 is 26.3 Å². The molecule has 0 radical (unpaired) electrons. The van der Waals surface area contributed by atoms with Gasteiger partial charge in [-0.2, -0.15) is 0 Å². The Morgan fingerprint density at radius 2 is 1.81 bits per heavy atom. The van der Waals surface area contributed by atoms with Gasteiger partial charge in [-0.25, -0.2) is 4.79 Å². The van der Waals surface area contributed by atoms with E-state index in [0.717, 1.165) is 5.56 Å². The standard InChI is InChI=1S/C20H31NO5Si/c1-20(2,3)27(4,5)26-17-11-16(18(22)23)12-21(13-17)19(24)25-14-15-9-7-6-8-10-15/h6-10,16-17H,11-14H2,1-5H3,(H,22,23)/t16-,17+/m0/s1. The maximum Gasteiger partial charge on any atom is 0.410 e. The molecular formula is C20H31NO5Si. The molecule has 7 heteroatoms. The van der Waals surface area contributed by atoms with Crippen molar-refractivity contribution in [3.63, 3.8) is 0 Å². The summed E-state index contributed by atoms with van der Waals surface area (Å²) in [5, 5.41) is 9.51. The van der Waals surface area contributed by atoms with Crippen molar-refractivity contribution in [2.24, 2.45) is 5.92 Å². The van der Waals surface area contributed by atoms with Gasteiger partial charge in [-0.3, -0.25) is 4.79 Å². The van der Waals surface area contributed by atoms with Crippen LogP contribution in [0.15, 0.2) is 30.3 Å². The van der Waals surface area contributed by atoms with E-state index in [9.17, 15) is 14.7 Å². The van der Waals surface area contributed by atoms with Crippen LogP contribution in [0.4, 0.5) is 4.79 Å². The first-order valence-electron chi connectivity index (χ1n) is 9.36. The van der Waals surface area contributed by atoms with Gasteiger partial charge in [0.05, 0.1) is 12.0 Å². The predicted molar refractivity (Wildman–Crippen MR) is 106 cm³/mol. The fraction of sp³-hybridized carbons (Fsp3) is 0.600. The van der Waals surface area contributed by atoms with Crippen LogP contribution in [0.1, 0.15) is 32.8 Å². The van der Waals surface area contributed by atoms with Gasteiger partial charge in [0, 0.05) is 13.1 Å². The lowest BCUT2D eigenvalue weighted by Gasteiger charge is -2.43. The van der Waals surface area contributed by atoms with Crippen molar-refractivity contribution in [2.75, 3.05) is 13.1 Å². The monoisotopic (exact) mass is 393 g/mol. The average Bonchev–Trinajstić information content (AvgIpc) is 2.58. The molecule has 2 atom stereocenters. The highest BCUT2D eigenvalue weighted by molar-refractivity contribution is 6.74. The molecule has 0 saturated carbocycles. The average molecular weight is 394 g/mol. The highest BCUT2D eigenvalue weighted by Crippen LogP contribution is 2.38. The summed E-state index contributed by atoms with van der Waals surface area (Å²) in [5.74, 6) is -1.54. The molecule has 1 fully saturated rings. The summed E-state index contributed by atoms with van der Waals surface area (Å²) < 4.78 is 11.8. The molecule has 1 aromatic rings. The second-order valence-corrected chi connectivity index (χ2v) is 13.5. The summed E-state index contributed by atoms with van der Waals surface area (Å²) in [7, 11) is -2.06. The Morgan fingerprint density at radius 3 is 2.37 bits per heavy atom. The number of ether oxygens (including phenoxy) is 1. The number of carbonyl (C=O) groups excluding carboxylic acids is 1. The van der Waals surface area contributed by atoms with Crippen LogP contribution in [-0.2, 0) is 20.6 Å². The van der Waals surface area contributed by atoms with E-state index in [1.807, 2.05) is 30.3 Å². The SMILES string of the molecule is CC(C)(C)[Si](C)(C)O[C@@H]1C[C@H](C(=O)O)CN(C(=O)OCc2ccccc2)C1. The maximum atomic E-state index is 12.5. The molecule has 6 nitrogen and oxygen atoms in total. The first-order valence-corrected chi connectivity index (χ1v) is 12.3. The molecule has 1 amide bonds. The summed E-state index contributed by atoms with van der Waals surface area (Å²) >= 11 is 0. The summed E-state index contributed by atoms with van der Waals surface area (Å²) in [6.07, 6.45) is -0.358. The quantitative estimate of drug-likeness (QED) is 0.762. The van der Waals surface area contributed by atoms with Crippen LogP contribution in [0, 0.1) is 5.92 Å². The van der Waals surface area contributed by atoms with Crippen LogP contribution in [0.2, 0.25) is 18.1 Å². The molecule has 27 heavy (non-hydrogen) atoms. The Hall–Kier alpha value is -1.86. The molecular weight excluding hydrogens is 362 g/mol. The molecule has 150 valence electrons. The Morgan fingerprint density at radius 1 is 1.19 bits per heavy atom. The van der Waals surface area contributed by atoms with E-state index >= 15 is 0 Å². The number of nitrogens with zero attached hydrogens (tertiary/aromatic N) is 1. The number of hydrogen-bond acceptors (Lipinski definition) is 4. The van der Waals surface area contributed by atoms with Crippen LogP contribution >= 0.6 is 0 Å². The molecule has 0 aromatic heterocycles. The van der Waals surface area contributed by atoms with Gasteiger partial charge in [0.25, 0.3) is 0 Å². The van der Waals surface area contributed by atoms with Gasteiger partial charge in [-0.15, -0.1) is 0 Å². The second kappa shape index (κ2) is 8.44. The molecule has 1 saturated heterocycles. The lowest BCUT2D eigenvalue weighted by Crippen LogP contribution is -2.53. The van der Waals surface area contributed by atoms with Crippen molar-refractivity contribution >= 4 is 20.4 Å². The van der Waals surface area contributed by atoms with Crippen LogP contribution in [0.25, 0.3) is 0 Å². The Kier molecular flexibility index (Phi) is 6.70. The van der Waals surface area contributed by atoms with Crippen LogP contribution in [0.3, 0.4) is 0 Å². The van der Waals surface area contributed by atoms with Crippen LogP contribution in [0.5, 0.6) is 0 Å². The fourth-order valence-electron chi connectivity index (χ4n) is 2.87. The van der Waals surface area contributed by atoms with E-state index in [1.54, 1.807) is 0 Å². The van der Waals surface area contributed by atoms with Gasteiger partial charge in [0.2, 0.25) is 0 Å². The van der Waals surface area contributed by atoms with Crippen molar-refractivity contribution in [3.8, 4) is 0 Å². The number of amides is 1. The van der Waals surface area contributed by atoms with Crippen LogP contribution < -0.4 is 0 Å². The van der Waals surface area contributed by atoms with Gasteiger partial charge in [0.15, 0.2) is 8.32 Å². The molecule has 0 bridgehead atoms. The molecule has 1 aliphatic heterocycles. The lowest BCUT2D eigenvalue weighted by atomic mass is 9.96. The zero-order valence-electron chi connectivity index (χ0n) is 16.9. The Bertz CT molecular complexity index is 656. The number of carboxylic acid groups (broad SMARTS) is 1. The lowest BCUT2D eigenvalue weighted by molar-refractivity contribution is -0.144. The summed E-state index contributed by atoms with van der Waals surface area (Å²) in [6.45, 7) is 11.4. The summed E-state index contributed by atoms with van der Waals surface area (Å²) in [6, 6.07) is 9.43. The zero-order chi connectivity index (χ0) is 20.2. The number of likely N-dealkylation sites (tertiary alicyclic amines) is 1. The predicted octanol–water partition coefficient (Wildman–Crippen LogP) is 4.12. The number of piperidine rings is 1. The number of carbonyl (C=O) groups is 2. The van der Waals surface area contributed by atoms with Gasteiger partial charge >= 0.3 is 12.1 Å². The third kappa shape index (κ3) is 5.81. The van der Waals surface area contributed by atoms with Crippen LogP contribution in [-0.4, -0.2) is 49.6 Å². The van der Waals surface area contributed by atoms with E-state index in [-0.39, 0.29) is 24.3 Å². The van der Waals surface area contributed by atoms with Crippen molar-refractivity contribution in [1.29, 1.82) is 0 Å². The maximum absolute atomic E-state index is 12.5. The van der Waals surface area contributed by atoms with E-state index in [2.05, 4.69) is 33.9 Å². The van der Waals surface area contributed by atoms with Crippen molar-refractivity contribution in [3.05, 3.63) is 35.9 Å². The fourth-order valence-corrected chi connectivity index (χ4v) is 4.23. The number of carboxylic acids is 1. The molecule has 1 heterocycles. The largest absolute Gasteiger partial charge is 0.481 e. The first kappa shape index (κ1) is 21.4. The Balaban J connectivity index is 2.04. The number of hydrogen-bond donors (Lipinski definition) is 1. The molecule has 1 aliphatic rings. The normalized spacial score (nSPS) is 21.0. The molecule has 1 aromatic carbocycles. The third-order valence-electron chi connectivity index (χ3n) is 5.49. The van der Waals surface area contributed by atoms with Crippen molar-refractivity contribution in [1.82, 2.24) is 4.90 Å². The van der Waals surface area contributed by atoms with Gasteiger partial charge in [-0.05, 0) is 30.1 Å². The van der Waals surface area contributed by atoms with Crippen molar-refractivity contribution < 1.29 is 23.9 Å². The smallest absolute Gasteiger partial charge is 0.410 e. The number of aliphatic carboxylic acids is 1. The third-order valence-corrected chi connectivity index (χ3v) is 10.0. The molecule has 2 rings (SSSR count). The molecule has 0 spiro atoms. The minimum atomic E-state index is -2.06. The zero-order valence-corrected chi connectivity index (χ0v) is 17.9. The molecule has 0 aliphatic carbocycles. The van der Waals surface area contributed by atoms with Gasteiger partial charge < -0.3 is 19.2 Å². The summed E-state index contributed by atoms with van der Waals surface area (Å²) in [5.41, 5.74) is 0.895. The van der Waals surface area contributed by atoms with Gasteiger partial charge in [0.1, 0.15) is 6.61 Å². The number of rotatable bonds is 5. The minimum absolute atomic E-state index is 0.0157. The second-order valence-electron chi connectivity index (χ2n) is 8.72. The van der Waals surface area contributed by atoms with Crippen molar-refractivity contribution in [2.45, 2.75) is 58.0 Å². The highest BCUT2D eigenvalue weighted by Gasteiger charge is 2.42. The Labute approximate surface area is 162 Å².